The third-order valence-corrected chi connectivity index (χ3v) is 4.04. The minimum Gasteiger partial charge on any atom is -0.292 e. The van der Waals surface area contributed by atoms with Gasteiger partial charge in [-0.1, -0.05) is 32.0 Å². The summed E-state index contributed by atoms with van der Waals surface area (Å²) >= 11 is 0. The summed E-state index contributed by atoms with van der Waals surface area (Å²) in [5.74, 6) is -0.180. The number of likely N-dealkylation sites (N-methyl/N-ethyl adjacent to an activating group) is 1. The zero-order valence-electron chi connectivity index (χ0n) is 12.6. The maximum atomic E-state index is 12.6. The SMILES string of the molecule is CCN(CC)C1CC(=O)N(c2c(C)cccc2C)C1=O. The van der Waals surface area contributed by atoms with Crippen LogP contribution in [0.3, 0.4) is 0 Å². The molecule has 2 rings (SSSR count). The van der Waals surface area contributed by atoms with Gasteiger partial charge in [-0.25, -0.2) is 4.90 Å². The first-order valence-corrected chi connectivity index (χ1v) is 7.18. The second kappa shape index (κ2) is 5.75. The van der Waals surface area contributed by atoms with E-state index in [1.807, 2.05) is 50.8 Å². The number of nitrogens with zero attached hydrogens (tertiary/aromatic N) is 2. The van der Waals surface area contributed by atoms with Gasteiger partial charge in [-0.15, -0.1) is 0 Å². The van der Waals surface area contributed by atoms with Gasteiger partial charge < -0.3 is 0 Å². The summed E-state index contributed by atoms with van der Waals surface area (Å²) in [6, 6.07) is 5.51. The first kappa shape index (κ1) is 14.7. The van der Waals surface area contributed by atoms with Crippen molar-refractivity contribution >= 4 is 17.5 Å². The molecule has 0 aliphatic carbocycles. The Morgan fingerprint density at radius 1 is 1.15 bits per heavy atom. The molecule has 2 amide bonds. The highest BCUT2D eigenvalue weighted by atomic mass is 16.2. The number of carbonyl (C=O) groups is 2. The van der Waals surface area contributed by atoms with Gasteiger partial charge in [0.1, 0.15) is 0 Å². The molecule has 0 radical (unpaired) electrons. The van der Waals surface area contributed by atoms with E-state index in [-0.39, 0.29) is 24.3 Å². The predicted octanol–water partition coefficient (Wildman–Crippen LogP) is 2.28. The van der Waals surface area contributed by atoms with Crippen molar-refractivity contribution in [3.63, 3.8) is 0 Å². The van der Waals surface area contributed by atoms with Crippen LogP contribution >= 0.6 is 0 Å². The van der Waals surface area contributed by atoms with Gasteiger partial charge >= 0.3 is 0 Å². The fraction of sp³-hybridized carbons (Fsp3) is 0.500. The van der Waals surface area contributed by atoms with Crippen molar-refractivity contribution in [1.82, 2.24) is 4.90 Å². The molecule has 1 aromatic carbocycles. The molecule has 1 aliphatic heterocycles. The van der Waals surface area contributed by atoms with Gasteiger partial charge in [0.15, 0.2) is 0 Å². The standard InChI is InChI=1S/C16H22N2O2/c1-5-17(6-2)13-10-14(19)18(16(13)20)15-11(3)8-7-9-12(15)4/h7-9,13H,5-6,10H2,1-4H3. The van der Waals surface area contributed by atoms with E-state index in [1.165, 1.54) is 4.90 Å². The van der Waals surface area contributed by atoms with E-state index < -0.39 is 0 Å². The molecule has 0 aromatic heterocycles. The van der Waals surface area contributed by atoms with Gasteiger partial charge in [0.25, 0.3) is 5.91 Å². The van der Waals surface area contributed by atoms with Crippen molar-refractivity contribution < 1.29 is 9.59 Å². The molecule has 108 valence electrons. The smallest absolute Gasteiger partial charge is 0.251 e. The molecule has 0 saturated carbocycles. The lowest BCUT2D eigenvalue weighted by atomic mass is 10.1. The number of anilines is 1. The Hall–Kier alpha value is -1.68. The predicted molar refractivity (Wildman–Crippen MR) is 79.7 cm³/mol. The number of rotatable bonds is 4. The lowest BCUT2D eigenvalue weighted by molar-refractivity contribution is -0.122. The fourth-order valence-electron chi connectivity index (χ4n) is 2.96. The molecule has 4 heteroatoms. The molecular formula is C16H22N2O2. The van der Waals surface area contributed by atoms with Crippen LogP contribution in [0.5, 0.6) is 0 Å². The molecule has 1 heterocycles. The molecule has 1 aliphatic rings. The van der Waals surface area contributed by atoms with Crippen molar-refractivity contribution in [3.05, 3.63) is 29.3 Å². The third-order valence-electron chi connectivity index (χ3n) is 4.04. The Morgan fingerprint density at radius 2 is 1.70 bits per heavy atom. The highest BCUT2D eigenvalue weighted by molar-refractivity contribution is 6.23. The molecule has 1 atom stereocenters. The van der Waals surface area contributed by atoms with Gasteiger partial charge in [-0.3, -0.25) is 14.5 Å². The topological polar surface area (TPSA) is 40.6 Å². The molecule has 1 unspecified atom stereocenters. The minimum absolute atomic E-state index is 0.0869. The number of carbonyl (C=O) groups excluding carboxylic acids is 2. The maximum absolute atomic E-state index is 12.6. The molecule has 4 nitrogen and oxygen atoms in total. The third kappa shape index (κ3) is 2.36. The quantitative estimate of drug-likeness (QED) is 0.791. The molecule has 0 bridgehead atoms. The normalized spacial score (nSPS) is 19.2. The molecule has 1 saturated heterocycles. The van der Waals surface area contributed by atoms with Crippen LogP contribution in [0.25, 0.3) is 0 Å². The summed E-state index contributed by atoms with van der Waals surface area (Å²) < 4.78 is 0. The number of para-hydroxylation sites is 1. The van der Waals surface area contributed by atoms with Crippen molar-refractivity contribution in [2.75, 3.05) is 18.0 Å². The monoisotopic (exact) mass is 274 g/mol. The number of benzene rings is 1. The lowest BCUT2D eigenvalue weighted by Crippen LogP contribution is -2.42. The van der Waals surface area contributed by atoms with Crippen molar-refractivity contribution in [3.8, 4) is 0 Å². The lowest BCUT2D eigenvalue weighted by Gasteiger charge is -2.25. The summed E-state index contributed by atoms with van der Waals surface area (Å²) in [4.78, 5) is 28.4. The average Bonchev–Trinajstić information content (AvgIpc) is 2.68. The largest absolute Gasteiger partial charge is 0.292 e. The van der Waals surface area contributed by atoms with E-state index >= 15 is 0 Å². The van der Waals surface area contributed by atoms with Crippen molar-refractivity contribution in [2.24, 2.45) is 0 Å². The highest BCUT2D eigenvalue weighted by Gasteiger charge is 2.42. The summed E-state index contributed by atoms with van der Waals surface area (Å²) in [7, 11) is 0. The molecule has 1 fully saturated rings. The van der Waals surface area contributed by atoms with E-state index in [9.17, 15) is 9.59 Å². The molecule has 1 aromatic rings. The Morgan fingerprint density at radius 3 is 2.20 bits per heavy atom. The van der Waals surface area contributed by atoms with Crippen LogP contribution in [-0.2, 0) is 9.59 Å². The van der Waals surface area contributed by atoms with Gasteiger partial charge in [-0.05, 0) is 38.1 Å². The van der Waals surface area contributed by atoms with Gasteiger partial charge in [0.2, 0.25) is 5.91 Å². The highest BCUT2D eigenvalue weighted by Crippen LogP contribution is 2.30. The summed E-state index contributed by atoms with van der Waals surface area (Å²) in [5, 5.41) is 0. The summed E-state index contributed by atoms with van der Waals surface area (Å²) in [5.41, 5.74) is 2.69. The maximum Gasteiger partial charge on any atom is 0.251 e. The molecule has 20 heavy (non-hydrogen) atoms. The second-order valence-electron chi connectivity index (χ2n) is 5.25. The number of imide groups is 1. The zero-order valence-corrected chi connectivity index (χ0v) is 12.6. The van der Waals surface area contributed by atoms with Crippen LogP contribution in [0.2, 0.25) is 0 Å². The Bertz CT molecular complexity index is 515. The van der Waals surface area contributed by atoms with Crippen LogP contribution in [0, 0.1) is 13.8 Å². The average molecular weight is 274 g/mol. The van der Waals surface area contributed by atoms with E-state index in [0.717, 1.165) is 29.9 Å². The number of amides is 2. The van der Waals surface area contributed by atoms with Crippen LogP contribution in [0.1, 0.15) is 31.4 Å². The Kier molecular flexibility index (Phi) is 4.23. The minimum atomic E-state index is -0.309. The van der Waals surface area contributed by atoms with Crippen molar-refractivity contribution in [2.45, 2.75) is 40.2 Å². The zero-order chi connectivity index (χ0) is 14.9. The van der Waals surface area contributed by atoms with E-state index in [0.29, 0.717) is 0 Å². The van der Waals surface area contributed by atoms with Crippen molar-refractivity contribution in [1.29, 1.82) is 0 Å². The Labute approximate surface area is 120 Å². The number of hydrogen-bond donors (Lipinski definition) is 0. The first-order valence-electron chi connectivity index (χ1n) is 7.18. The van der Waals surface area contributed by atoms with Crippen LogP contribution in [0.15, 0.2) is 18.2 Å². The van der Waals surface area contributed by atoms with E-state index in [2.05, 4.69) is 0 Å². The first-order chi connectivity index (χ1) is 9.51. The number of aryl methyl sites for hydroxylation is 2. The summed E-state index contributed by atoms with van der Waals surface area (Å²) in [6.07, 6.45) is 0.286. The van der Waals surface area contributed by atoms with E-state index in [1.54, 1.807) is 0 Å². The van der Waals surface area contributed by atoms with Crippen LogP contribution < -0.4 is 4.90 Å². The fourth-order valence-corrected chi connectivity index (χ4v) is 2.96. The van der Waals surface area contributed by atoms with E-state index in [4.69, 9.17) is 0 Å². The second-order valence-corrected chi connectivity index (χ2v) is 5.25. The van der Waals surface area contributed by atoms with Crippen LogP contribution in [0.4, 0.5) is 5.69 Å². The van der Waals surface area contributed by atoms with Gasteiger partial charge in [0.05, 0.1) is 18.2 Å². The van der Waals surface area contributed by atoms with Gasteiger partial charge in [-0.2, -0.15) is 0 Å². The summed E-state index contributed by atoms with van der Waals surface area (Å²) in [6.45, 7) is 9.47. The van der Waals surface area contributed by atoms with Crippen LogP contribution in [-0.4, -0.2) is 35.8 Å². The Balaban J connectivity index is 2.39. The molecular weight excluding hydrogens is 252 g/mol. The molecule has 0 N–H and O–H groups in total. The molecule has 0 spiro atoms. The number of hydrogen-bond acceptors (Lipinski definition) is 3. The van der Waals surface area contributed by atoms with Gasteiger partial charge in [0, 0.05) is 0 Å².